The second-order valence-electron chi connectivity index (χ2n) is 4.88. The SMILES string of the molecule is C=CC1(OC(=O)C(=C)C)CCc2ccccc2C1. The van der Waals surface area contributed by atoms with E-state index in [1.807, 2.05) is 12.1 Å². The number of ether oxygens (including phenoxy) is 1. The molecule has 0 aliphatic heterocycles. The Morgan fingerprint density at radius 3 is 2.67 bits per heavy atom. The fourth-order valence-corrected chi connectivity index (χ4v) is 2.31. The summed E-state index contributed by atoms with van der Waals surface area (Å²) >= 11 is 0. The van der Waals surface area contributed by atoms with E-state index in [0.29, 0.717) is 12.0 Å². The molecule has 0 aromatic heterocycles. The predicted molar refractivity (Wildman–Crippen MR) is 72.3 cm³/mol. The largest absolute Gasteiger partial charge is 0.451 e. The molecule has 2 rings (SSSR count). The average Bonchev–Trinajstić information content (AvgIpc) is 2.38. The molecule has 1 aromatic carbocycles. The molecule has 94 valence electrons. The van der Waals surface area contributed by atoms with Crippen molar-refractivity contribution in [1.29, 1.82) is 0 Å². The van der Waals surface area contributed by atoms with Gasteiger partial charge >= 0.3 is 5.97 Å². The van der Waals surface area contributed by atoms with Crippen molar-refractivity contribution >= 4 is 5.97 Å². The zero-order chi connectivity index (χ0) is 13.2. The van der Waals surface area contributed by atoms with E-state index in [1.165, 1.54) is 11.1 Å². The molecule has 0 saturated heterocycles. The zero-order valence-electron chi connectivity index (χ0n) is 10.7. The zero-order valence-corrected chi connectivity index (χ0v) is 10.7. The highest BCUT2D eigenvalue weighted by molar-refractivity contribution is 5.87. The van der Waals surface area contributed by atoms with Gasteiger partial charge in [0.25, 0.3) is 0 Å². The van der Waals surface area contributed by atoms with Gasteiger partial charge in [0.05, 0.1) is 0 Å². The molecule has 0 N–H and O–H groups in total. The summed E-state index contributed by atoms with van der Waals surface area (Å²) in [6, 6.07) is 8.27. The molecular formula is C16H18O2. The average molecular weight is 242 g/mol. The minimum Gasteiger partial charge on any atom is -0.451 e. The highest BCUT2D eigenvalue weighted by Gasteiger charge is 2.35. The molecule has 1 aliphatic rings. The van der Waals surface area contributed by atoms with Gasteiger partial charge in [0.2, 0.25) is 0 Å². The van der Waals surface area contributed by atoms with Crippen LogP contribution in [0.4, 0.5) is 0 Å². The van der Waals surface area contributed by atoms with E-state index in [4.69, 9.17) is 4.74 Å². The molecule has 0 radical (unpaired) electrons. The van der Waals surface area contributed by atoms with Crippen LogP contribution >= 0.6 is 0 Å². The molecule has 0 spiro atoms. The van der Waals surface area contributed by atoms with Crippen LogP contribution in [0.1, 0.15) is 24.5 Å². The molecule has 1 unspecified atom stereocenters. The third-order valence-corrected chi connectivity index (χ3v) is 3.44. The van der Waals surface area contributed by atoms with Crippen LogP contribution in [0.2, 0.25) is 0 Å². The standard InChI is InChI=1S/C16H18O2/c1-4-16(18-15(17)12(2)3)10-9-13-7-5-6-8-14(13)11-16/h4-8H,1-2,9-11H2,3H3. The number of rotatable bonds is 3. The van der Waals surface area contributed by atoms with E-state index < -0.39 is 5.60 Å². The molecular weight excluding hydrogens is 224 g/mol. The van der Waals surface area contributed by atoms with E-state index in [-0.39, 0.29) is 5.97 Å². The third kappa shape index (κ3) is 2.37. The summed E-state index contributed by atoms with van der Waals surface area (Å²) in [5, 5.41) is 0. The maximum absolute atomic E-state index is 11.7. The Morgan fingerprint density at radius 1 is 1.39 bits per heavy atom. The van der Waals surface area contributed by atoms with Crippen LogP contribution in [0.25, 0.3) is 0 Å². The number of carbonyl (C=O) groups excluding carboxylic acids is 1. The van der Waals surface area contributed by atoms with Crippen LogP contribution in [-0.2, 0) is 22.4 Å². The van der Waals surface area contributed by atoms with Gasteiger partial charge in [-0.3, -0.25) is 0 Å². The first kappa shape index (κ1) is 12.6. The number of hydrogen-bond acceptors (Lipinski definition) is 2. The second kappa shape index (κ2) is 4.81. The molecule has 2 heteroatoms. The van der Waals surface area contributed by atoms with Gasteiger partial charge in [0, 0.05) is 12.0 Å². The molecule has 2 nitrogen and oxygen atoms in total. The van der Waals surface area contributed by atoms with Crippen molar-refractivity contribution in [2.45, 2.75) is 31.8 Å². The first-order chi connectivity index (χ1) is 8.56. The van der Waals surface area contributed by atoms with Gasteiger partial charge in [0.1, 0.15) is 5.60 Å². The van der Waals surface area contributed by atoms with Gasteiger partial charge in [-0.05, 0) is 37.0 Å². The third-order valence-electron chi connectivity index (χ3n) is 3.44. The molecule has 0 saturated carbocycles. The first-order valence-electron chi connectivity index (χ1n) is 6.15. The summed E-state index contributed by atoms with van der Waals surface area (Å²) in [4.78, 5) is 11.7. The lowest BCUT2D eigenvalue weighted by Crippen LogP contribution is -2.39. The van der Waals surface area contributed by atoms with Crippen molar-refractivity contribution in [2.75, 3.05) is 0 Å². The van der Waals surface area contributed by atoms with Crippen molar-refractivity contribution in [3.63, 3.8) is 0 Å². The summed E-state index contributed by atoms with van der Waals surface area (Å²) in [5.41, 5.74) is 2.42. The molecule has 0 bridgehead atoms. The Morgan fingerprint density at radius 2 is 2.06 bits per heavy atom. The Labute approximate surface area is 108 Å². The van der Waals surface area contributed by atoms with Crippen LogP contribution < -0.4 is 0 Å². The van der Waals surface area contributed by atoms with E-state index in [1.54, 1.807) is 13.0 Å². The Hall–Kier alpha value is -1.83. The first-order valence-corrected chi connectivity index (χ1v) is 6.15. The van der Waals surface area contributed by atoms with Crippen molar-refractivity contribution in [3.8, 4) is 0 Å². The van der Waals surface area contributed by atoms with E-state index in [2.05, 4.69) is 25.3 Å². The molecule has 0 fully saturated rings. The van der Waals surface area contributed by atoms with Gasteiger partial charge in [-0.15, -0.1) is 0 Å². The lowest BCUT2D eigenvalue weighted by Gasteiger charge is -2.35. The predicted octanol–water partition coefficient (Wildman–Crippen LogP) is 3.22. The van der Waals surface area contributed by atoms with Gasteiger partial charge in [-0.1, -0.05) is 37.4 Å². The number of aryl methyl sites for hydroxylation is 1. The summed E-state index contributed by atoms with van der Waals surface area (Å²) in [6.45, 7) is 9.12. The van der Waals surface area contributed by atoms with Crippen LogP contribution in [-0.4, -0.2) is 11.6 Å². The number of fused-ring (bicyclic) bond motifs is 1. The maximum atomic E-state index is 11.7. The lowest BCUT2D eigenvalue weighted by molar-refractivity contribution is -0.151. The van der Waals surface area contributed by atoms with Gasteiger partial charge in [0.15, 0.2) is 0 Å². The van der Waals surface area contributed by atoms with E-state index in [9.17, 15) is 4.79 Å². The van der Waals surface area contributed by atoms with Gasteiger partial charge < -0.3 is 4.74 Å². The fourth-order valence-electron chi connectivity index (χ4n) is 2.31. The number of hydrogen-bond donors (Lipinski definition) is 0. The molecule has 1 aliphatic carbocycles. The van der Waals surface area contributed by atoms with Crippen LogP contribution in [0.3, 0.4) is 0 Å². The highest BCUT2D eigenvalue weighted by atomic mass is 16.6. The van der Waals surface area contributed by atoms with Crippen LogP contribution in [0.15, 0.2) is 49.1 Å². The second-order valence-corrected chi connectivity index (χ2v) is 4.88. The Kier molecular flexibility index (Phi) is 3.37. The molecule has 0 heterocycles. The monoisotopic (exact) mass is 242 g/mol. The van der Waals surface area contributed by atoms with Crippen molar-refractivity contribution in [2.24, 2.45) is 0 Å². The molecule has 0 amide bonds. The van der Waals surface area contributed by atoms with Gasteiger partial charge in [-0.2, -0.15) is 0 Å². The van der Waals surface area contributed by atoms with Crippen molar-refractivity contribution < 1.29 is 9.53 Å². The maximum Gasteiger partial charge on any atom is 0.333 e. The quantitative estimate of drug-likeness (QED) is 0.462. The van der Waals surface area contributed by atoms with E-state index in [0.717, 1.165) is 12.8 Å². The normalized spacial score (nSPS) is 21.8. The van der Waals surface area contributed by atoms with Crippen molar-refractivity contribution in [3.05, 3.63) is 60.2 Å². The Bertz CT molecular complexity index is 502. The minimum atomic E-state index is -0.579. The number of carbonyl (C=O) groups is 1. The smallest absolute Gasteiger partial charge is 0.333 e. The van der Waals surface area contributed by atoms with Crippen LogP contribution in [0.5, 0.6) is 0 Å². The van der Waals surface area contributed by atoms with Crippen LogP contribution in [0, 0.1) is 0 Å². The van der Waals surface area contributed by atoms with E-state index >= 15 is 0 Å². The Balaban J connectivity index is 2.24. The lowest BCUT2D eigenvalue weighted by atomic mass is 9.80. The highest BCUT2D eigenvalue weighted by Crippen LogP contribution is 2.33. The summed E-state index contributed by atoms with van der Waals surface area (Å²) in [6.07, 6.45) is 4.15. The number of esters is 1. The topological polar surface area (TPSA) is 26.3 Å². The number of benzene rings is 1. The molecule has 18 heavy (non-hydrogen) atoms. The summed E-state index contributed by atoms with van der Waals surface area (Å²) in [7, 11) is 0. The fraction of sp³-hybridized carbons (Fsp3) is 0.312. The molecule has 1 aromatic rings. The molecule has 1 atom stereocenters. The van der Waals surface area contributed by atoms with Crippen molar-refractivity contribution in [1.82, 2.24) is 0 Å². The summed E-state index contributed by atoms with van der Waals surface area (Å²) < 4.78 is 5.59. The summed E-state index contributed by atoms with van der Waals surface area (Å²) in [5.74, 6) is -0.339. The minimum absolute atomic E-state index is 0.339. The van der Waals surface area contributed by atoms with Gasteiger partial charge in [-0.25, -0.2) is 4.79 Å².